The average Bonchev–Trinajstić information content (AvgIpc) is 3.14. The van der Waals surface area contributed by atoms with Gasteiger partial charge < -0.3 is 9.26 Å². The van der Waals surface area contributed by atoms with E-state index in [2.05, 4.69) is 5.16 Å². The fourth-order valence-corrected chi connectivity index (χ4v) is 3.35. The normalized spacial score (nSPS) is 10.9. The maximum absolute atomic E-state index is 12.6. The van der Waals surface area contributed by atoms with E-state index in [-0.39, 0.29) is 11.3 Å². The van der Waals surface area contributed by atoms with Crippen molar-refractivity contribution >= 4 is 35.0 Å². The second-order valence-electron chi connectivity index (χ2n) is 6.07. The van der Waals surface area contributed by atoms with Crippen molar-refractivity contribution in [1.82, 2.24) is 9.72 Å². The molecule has 0 N–H and O–H groups in total. The van der Waals surface area contributed by atoms with Gasteiger partial charge in [-0.05, 0) is 45.0 Å². The van der Waals surface area contributed by atoms with Crippen LogP contribution in [0.25, 0.3) is 5.82 Å². The Labute approximate surface area is 165 Å². The van der Waals surface area contributed by atoms with Crippen LogP contribution in [0.5, 0.6) is 0 Å². The van der Waals surface area contributed by atoms with Gasteiger partial charge in [-0.25, -0.2) is 4.79 Å². The zero-order chi connectivity index (χ0) is 19.7. The average molecular weight is 407 g/mol. The molecule has 0 bridgehead atoms. The largest absolute Gasteiger partial charge is 0.454 e. The summed E-state index contributed by atoms with van der Waals surface area (Å²) in [5.74, 6) is 0.260. The molecule has 3 aromatic rings. The minimum absolute atomic E-state index is 0.184. The number of benzene rings is 1. The third-order valence-electron chi connectivity index (χ3n) is 4.01. The fraction of sp³-hybridized carbons (Fsp3) is 0.211. The summed E-state index contributed by atoms with van der Waals surface area (Å²) in [6.45, 7) is 5.04. The van der Waals surface area contributed by atoms with Crippen LogP contribution >= 0.6 is 23.2 Å². The molecule has 2 aromatic heterocycles. The number of nitrogens with zero attached hydrogens (tertiary/aromatic N) is 2. The Kier molecular flexibility index (Phi) is 5.39. The quantitative estimate of drug-likeness (QED) is 0.451. The van der Waals surface area contributed by atoms with Gasteiger partial charge >= 0.3 is 5.97 Å². The Morgan fingerprint density at radius 2 is 1.74 bits per heavy atom. The van der Waals surface area contributed by atoms with Gasteiger partial charge in [-0.15, -0.1) is 0 Å². The fourth-order valence-electron chi connectivity index (χ4n) is 2.82. The summed E-state index contributed by atoms with van der Waals surface area (Å²) in [4.78, 5) is 24.7. The van der Waals surface area contributed by atoms with E-state index < -0.39 is 12.6 Å². The summed E-state index contributed by atoms with van der Waals surface area (Å²) in [6.07, 6.45) is 0. The number of halogens is 2. The van der Waals surface area contributed by atoms with Crippen LogP contribution in [0.4, 0.5) is 0 Å². The Morgan fingerprint density at radius 1 is 1.07 bits per heavy atom. The Morgan fingerprint density at radius 3 is 2.33 bits per heavy atom. The first-order valence-corrected chi connectivity index (χ1v) is 8.81. The summed E-state index contributed by atoms with van der Waals surface area (Å²) >= 11 is 11.8. The predicted octanol–water partition coefficient (Wildman–Crippen LogP) is 4.74. The van der Waals surface area contributed by atoms with Gasteiger partial charge in [0.25, 0.3) is 0 Å². The van der Waals surface area contributed by atoms with Gasteiger partial charge in [-0.1, -0.05) is 28.4 Å². The SMILES string of the molecule is Cc1cc(-n2c(C)cc(C(=O)COC(=O)c3cc(Cl)cc(Cl)c3)c2C)no1. The number of carbonyl (C=O) groups excluding carboxylic acids is 2. The first kappa shape index (κ1) is 19.2. The molecule has 0 amide bonds. The highest BCUT2D eigenvalue weighted by molar-refractivity contribution is 6.35. The molecule has 27 heavy (non-hydrogen) atoms. The molecule has 0 spiro atoms. The highest BCUT2D eigenvalue weighted by Crippen LogP contribution is 2.22. The molecule has 8 heteroatoms. The van der Waals surface area contributed by atoms with Gasteiger partial charge in [-0.3, -0.25) is 9.36 Å². The summed E-state index contributed by atoms with van der Waals surface area (Å²) in [5.41, 5.74) is 2.14. The first-order valence-electron chi connectivity index (χ1n) is 8.05. The molecule has 2 heterocycles. The van der Waals surface area contributed by atoms with Crippen molar-refractivity contribution < 1.29 is 18.8 Å². The van der Waals surface area contributed by atoms with E-state index in [1.165, 1.54) is 18.2 Å². The number of hydrogen-bond donors (Lipinski definition) is 0. The predicted molar refractivity (Wildman–Crippen MR) is 101 cm³/mol. The van der Waals surface area contributed by atoms with Crippen molar-refractivity contribution in [2.75, 3.05) is 6.61 Å². The van der Waals surface area contributed by atoms with Crippen LogP contribution in [-0.4, -0.2) is 28.1 Å². The summed E-state index contributed by atoms with van der Waals surface area (Å²) in [6, 6.07) is 7.87. The van der Waals surface area contributed by atoms with Gasteiger partial charge in [-0.2, -0.15) is 0 Å². The van der Waals surface area contributed by atoms with Crippen molar-refractivity contribution in [2.45, 2.75) is 20.8 Å². The standard InChI is InChI=1S/C19H16Cl2N2O4/c1-10-4-16(12(3)23(10)18-5-11(2)27-22-18)17(24)9-26-19(25)13-6-14(20)8-15(21)7-13/h4-8H,9H2,1-3H3. The highest BCUT2D eigenvalue weighted by Gasteiger charge is 2.20. The van der Waals surface area contributed by atoms with Crippen molar-refractivity contribution in [3.05, 3.63) is 68.7 Å². The number of aromatic nitrogens is 2. The van der Waals surface area contributed by atoms with E-state index >= 15 is 0 Å². The molecule has 1 aromatic carbocycles. The molecule has 0 saturated heterocycles. The first-order chi connectivity index (χ1) is 12.8. The molecule has 0 radical (unpaired) electrons. The lowest BCUT2D eigenvalue weighted by Crippen LogP contribution is -2.15. The van der Waals surface area contributed by atoms with Crippen molar-refractivity contribution in [2.24, 2.45) is 0 Å². The van der Waals surface area contributed by atoms with Crippen LogP contribution in [0, 0.1) is 20.8 Å². The molecule has 0 unspecified atom stereocenters. The molecular weight excluding hydrogens is 391 g/mol. The van der Waals surface area contributed by atoms with Crippen LogP contribution in [-0.2, 0) is 4.74 Å². The molecule has 0 aliphatic carbocycles. The number of rotatable bonds is 5. The number of carbonyl (C=O) groups is 2. The third kappa shape index (κ3) is 4.07. The number of esters is 1. The minimum atomic E-state index is -0.673. The van der Waals surface area contributed by atoms with E-state index in [0.717, 1.165) is 5.69 Å². The van der Waals surface area contributed by atoms with E-state index in [4.69, 9.17) is 32.5 Å². The van der Waals surface area contributed by atoms with E-state index in [1.54, 1.807) is 26.0 Å². The van der Waals surface area contributed by atoms with Gasteiger partial charge in [0.05, 0.1) is 5.56 Å². The van der Waals surface area contributed by atoms with Crippen LogP contribution in [0.15, 0.2) is 34.9 Å². The van der Waals surface area contributed by atoms with Gasteiger partial charge in [0, 0.05) is 33.1 Å². The summed E-state index contributed by atoms with van der Waals surface area (Å²) in [7, 11) is 0. The molecule has 0 fully saturated rings. The van der Waals surface area contributed by atoms with Crippen LogP contribution in [0.2, 0.25) is 10.0 Å². The lowest BCUT2D eigenvalue weighted by atomic mass is 10.1. The van der Waals surface area contributed by atoms with E-state index in [9.17, 15) is 9.59 Å². The molecule has 0 aliphatic rings. The van der Waals surface area contributed by atoms with Crippen molar-refractivity contribution in [1.29, 1.82) is 0 Å². The number of ketones is 1. The lowest BCUT2D eigenvalue weighted by Gasteiger charge is -2.07. The maximum atomic E-state index is 12.6. The van der Waals surface area contributed by atoms with Crippen LogP contribution < -0.4 is 0 Å². The molecule has 0 saturated carbocycles. The zero-order valence-corrected chi connectivity index (χ0v) is 16.4. The second-order valence-corrected chi connectivity index (χ2v) is 6.95. The van der Waals surface area contributed by atoms with E-state index in [0.29, 0.717) is 32.9 Å². The monoisotopic (exact) mass is 406 g/mol. The number of hydrogen-bond acceptors (Lipinski definition) is 5. The van der Waals surface area contributed by atoms with E-state index in [1.807, 2.05) is 11.5 Å². The zero-order valence-electron chi connectivity index (χ0n) is 14.9. The van der Waals surface area contributed by atoms with Gasteiger partial charge in [0.2, 0.25) is 5.78 Å². The van der Waals surface area contributed by atoms with Gasteiger partial charge in [0.15, 0.2) is 12.4 Å². The maximum Gasteiger partial charge on any atom is 0.338 e. The molecule has 140 valence electrons. The van der Waals surface area contributed by atoms with Gasteiger partial charge in [0.1, 0.15) is 5.76 Å². The Balaban J connectivity index is 1.76. The minimum Gasteiger partial charge on any atom is -0.454 e. The smallest absolute Gasteiger partial charge is 0.338 e. The van der Waals surface area contributed by atoms with Crippen LogP contribution in [0.1, 0.15) is 37.9 Å². The number of ether oxygens (including phenoxy) is 1. The molecule has 6 nitrogen and oxygen atoms in total. The lowest BCUT2D eigenvalue weighted by molar-refractivity contribution is 0.0474. The molecule has 3 rings (SSSR count). The second kappa shape index (κ2) is 7.58. The Hall–Kier alpha value is -2.57. The third-order valence-corrected chi connectivity index (χ3v) is 4.45. The Bertz CT molecular complexity index is 1020. The highest BCUT2D eigenvalue weighted by atomic mass is 35.5. The van der Waals surface area contributed by atoms with Crippen molar-refractivity contribution in [3.8, 4) is 5.82 Å². The molecule has 0 atom stereocenters. The number of Topliss-reactive ketones (excluding diaryl/α,β-unsaturated/α-hetero) is 1. The topological polar surface area (TPSA) is 74.3 Å². The molecule has 0 aliphatic heterocycles. The summed E-state index contributed by atoms with van der Waals surface area (Å²) in [5, 5.41) is 4.60. The summed E-state index contributed by atoms with van der Waals surface area (Å²) < 4.78 is 12.0. The number of aryl methyl sites for hydroxylation is 2. The van der Waals surface area contributed by atoms with Crippen molar-refractivity contribution in [3.63, 3.8) is 0 Å². The molecular formula is C19H16Cl2N2O4. The van der Waals surface area contributed by atoms with Crippen LogP contribution in [0.3, 0.4) is 0 Å².